The summed E-state index contributed by atoms with van der Waals surface area (Å²) in [6.07, 6.45) is 1.48. The minimum atomic E-state index is -0.151. The monoisotopic (exact) mass is 424 g/mol. The topological polar surface area (TPSA) is 92.3 Å². The summed E-state index contributed by atoms with van der Waals surface area (Å²) in [5.41, 5.74) is 1.29. The van der Waals surface area contributed by atoms with E-state index < -0.39 is 0 Å². The third kappa shape index (κ3) is 4.77. The normalized spacial score (nSPS) is 13.5. The van der Waals surface area contributed by atoms with Crippen LogP contribution in [0.2, 0.25) is 5.02 Å². The molecule has 0 bridgehead atoms. The number of rotatable bonds is 7. The van der Waals surface area contributed by atoms with Crippen LogP contribution in [0.15, 0.2) is 54.9 Å². The Labute approximate surface area is 179 Å². The number of carbonyl (C=O) groups is 1. The van der Waals surface area contributed by atoms with Crippen molar-refractivity contribution in [2.75, 3.05) is 37.0 Å². The largest absolute Gasteiger partial charge is 0.493 e. The van der Waals surface area contributed by atoms with Gasteiger partial charge in [0.1, 0.15) is 12.1 Å². The Balaban J connectivity index is 1.32. The van der Waals surface area contributed by atoms with Crippen molar-refractivity contribution < 1.29 is 9.53 Å². The Hall–Kier alpha value is -3.39. The molecule has 1 fully saturated rings. The second kappa shape index (κ2) is 8.96. The average Bonchev–Trinajstić information content (AvgIpc) is 2.74. The number of amides is 1. The number of halogens is 1. The third-order valence-electron chi connectivity index (χ3n) is 4.71. The second-order valence-electron chi connectivity index (χ2n) is 6.93. The van der Waals surface area contributed by atoms with Crippen molar-refractivity contribution in [3.63, 3.8) is 0 Å². The first-order valence-electron chi connectivity index (χ1n) is 9.52. The first-order valence-corrected chi connectivity index (χ1v) is 9.90. The van der Waals surface area contributed by atoms with Crippen molar-refractivity contribution in [2.24, 2.45) is 5.92 Å². The predicted molar refractivity (Wildman–Crippen MR) is 116 cm³/mol. The zero-order valence-corrected chi connectivity index (χ0v) is 17.1. The molecule has 8 nitrogen and oxygen atoms in total. The van der Waals surface area contributed by atoms with Gasteiger partial charge in [-0.05, 0) is 42.5 Å². The standard InChI is InChI=1S/C21H21ClN6O2/c1-23-19(29)15-3-2-4-17(9-15)26-20-24-13-25-21(27-20)28-10-14(11-28)12-30-18-7-5-16(22)6-8-18/h2-9,13-14H,10-12H2,1H3,(H,23,29)(H,24,25,26,27). The van der Waals surface area contributed by atoms with Gasteiger partial charge in [0.2, 0.25) is 11.9 Å². The lowest BCUT2D eigenvalue weighted by Gasteiger charge is -2.38. The maximum absolute atomic E-state index is 11.8. The fourth-order valence-electron chi connectivity index (χ4n) is 3.10. The summed E-state index contributed by atoms with van der Waals surface area (Å²) in [6, 6.07) is 14.5. The summed E-state index contributed by atoms with van der Waals surface area (Å²) in [6.45, 7) is 2.24. The van der Waals surface area contributed by atoms with Gasteiger partial charge in [-0.2, -0.15) is 4.98 Å². The van der Waals surface area contributed by atoms with Gasteiger partial charge in [-0.3, -0.25) is 4.79 Å². The van der Waals surface area contributed by atoms with E-state index in [2.05, 4.69) is 30.5 Å². The van der Waals surface area contributed by atoms with Crippen molar-refractivity contribution in [1.82, 2.24) is 20.3 Å². The number of hydrogen-bond acceptors (Lipinski definition) is 7. The smallest absolute Gasteiger partial charge is 0.251 e. The van der Waals surface area contributed by atoms with Crippen molar-refractivity contribution in [1.29, 1.82) is 0 Å². The van der Waals surface area contributed by atoms with Gasteiger partial charge >= 0.3 is 0 Å². The number of carbonyl (C=O) groups excluding carboxylic acids is 1. The van der Waals surface area contributed by atoms with E-state index in [-0.39, 0.29) is 5.91 Å². The molecule has 154 valence electrons. The number of hydrogen-bond donors (Lipinski definition) is 2. The second-order valence-corrected chi connectivity index (χ2v) is 7.37. The summed E-state index contributed by atoms with van der Waals surface area (Å²) in [7, 11) is 1.60. The van der Waals surface area contributed by atoms with Gasteiger partial charge < -0.3 is 20.3 Å². The molecule has 1 amide bonds. The molecule has 9 heteroatoms. The van der Waals surface area contributed by atoms with Crippen molar-refractivity contribution in [3.8, 4) is 5.75 Å². The summed E-state index contributed by atoms with van der Waals surface area (Å²) < 4.78 is 5.81. The van der Waals surface area contributed by atoms with Crippen LogP contribution in [0.25, 0.3) is 0 Å². The van der Waals surface area contributed by atoms with Gasteiger partial charge in [0.25, 0.3) is 5.91 Å². The molecular weight excluding hydrogens is 404 g/mol. The lowest BCUT2D eigenvalue weighted by molar-refractivity contribution is 0.0963. The first-order chi connectivity index (χ1) is 14.6. The van der Waals surface area contributed by atoms with E-state index in [0.717, 1.165) is 24.5 Å². The highest BCUT2D eigenvalue weighted by molar-refractivity contribution is 6.30. The Morgan fingerprint density at radius 2 is 2.00 bits per heavy atom. The zero-order chi connectivity index (χ0) is 20.9. The minimum absolute atomic E-state index is 0.151. The van der Waals surface area contributed by atoms with Gasteiger partial charge in [0, 0.05) is 42.3 Å². The van der Waals surface area contributed by atoms with Crippen LogP contribution in [0.4, 0.5) is 17.6 Å². The first kappa shape index (κ1) is 19.9. The van der Waals surface area contributed by atoms with E-state index in [4.69, 9.17) is 16.3 Å². The molecule has 3 aromatic rings. The summed E-state index contributed by atoms with van der Waals surface area (Å²) in [5.74, 6) is 2.09. The molecule has 1 aliphatic heterocycles. The molecular formula is C21H21ClN6O2. The summed E-state index contributed by atoms with van der Waals surface area (Å²) >= 11 is 5.89. The molecule has 1 aliphatic rings. The molecule has 1 saturated heterocycles. The number of aromatic nitrogens is 3. The highest BCUT2D eigenvalue weighted by Crippen LogP contribution is 2.24. The van der Waals surface area contributed by atoms with Crippen LogP contribution in [0.5, 0.6) is 5.75 Å². The molecule has 4 rings (SSSR count). The highest BCUT2D eigenvalue weighted by atomic mass is 35.5. The maximum Gasteiger partial charge on any atom is 0.251 e. The van der Waals surface area contributed by atoms with E-state index in [9.17, 15) is 4.79 Å². The Bertz CT molecular complexity index is 1020. The number of nitrogens with one attached hydrogen (secondary N) is 2. The van der Waals surface area contributed by atoms with Crippen LogP contribution in [-0.4, -0.2) is 47.6 Å². The Kier molecular flexibility index (Phi) is 5.94. The third-order valence-corrected chi connectivity index (χ3v) is 4.96. The van der Waals surface area contributed by atoms with Crippen LogP contribution in [0.3, 0.4) is 0 Å². The van der Waals surface area contributed by atoms with Crippen molar-refractivity contribution in [2.45, 2.75) is 0 Å². The molecule has 1 aromatic heterocycles. The highest BCUT2D eigenvalue weighted by Gasteiger charge is 2.29. The molecule has 0 spiro atoms. The van der Waals surface area contributed by atoms with Crippen LogP contribution in [0.1, 0.15) is 10.4 Å². The fraction of sp³-hybridized carbons (Fsp3) is 0.238. The van der Waals surface area contributed by atoms with Crippen LogP contribution in [-0.2, 0) is 0 Å². The number of benzene rings is 2. The SMILES string of the molecule is CNC(=O)c1cccc(Nc2ncnc(N3CC(COc4ccc(Cl)cc4)C3)n2)c1. The van der Waals surface area contributed by atoms with E-state index in [1.54, 1.807) is 25.2 Å². The van der Waals surface area contributed by atoms with Gasteiger partial charge in [0.05, 0.1) is 6.61 Å². The van der Waals surface area contributed by atoms with Crippen LogP contribution in [0, 0.1) is 5.92 Å². The lowest BCUT2D eigenvalue weighted by Crippen LogP contribution is -2.50. The average molecular weight is 425 g/mol. The Morgan fingerprint density at radius 1 is 1.20 bits per heavy atom. The molecule has 0 unspecified atom stereocenters. The fourth-order valence-corrected chi connectivity index (χ4v) is 3.22. The van der Waals surface area contributed by atoms with Gasteiger partial charge in [-0.25, -0.2) is 9.97 Å². The molecule has 0 atom stereocenters. The predicted octanol–water partition coefficient (Wildman–Crippen LogP) is 3.14. The number of ether oxygens (including phenoxy) is 1. The molecule has 2 heterocycles. The van der Waals surface area contributed by atoms with Crippen molar-refractivity contribution in [3.05, 3.63) is 65.4 Å². The van der Waals surface area contributed by atoms with Crippen LogP contribution < -0.4 is 20.3 Å². The van der Waals surface area contributed by atoms with Gasteiger partial charge in [-0.15, -0.1) is 0 Å². The number of anilines is 3. The number of nitrogens with zero attached hydrogens (tertiary/aromatic N) is 4. The minimum Gasteiger partial charge on any atom is -0.493 e. The Morgan fingerprint density at radius 3 is 2.77 bits per heavy atom. The lowest BCUT2D eigenvalue weighted by atomic mass is 10.0. The van der Waals surface area contributed by atoms with Gasteiger partial charge in [0.15, 0.2) is 0 Å². The summed E-state index contributed by atoms with van der Waals surface area (Å²) in [5, 5.41) is 6.42. The maximum atomic E-state index is 11.8. The summed E-state index contributed by atoms with van der Waals surface area (Å²) in [4.78, 5) is 26.8. The quantitative estimate of drug-likeness (QED) is 0.601. The zero-order valence-electron chi connectivity index (χ0n) is 16.4. The molecule has 30 heavy (non-hydrogen) atoms. The molecule has 0 radical (unpaired) electrons. The van der Waals surface area contributed by atoms with Crippen molar-refractivity contribution >= 4 is 35.1 Å². The van der Waals surface area contributed by atoms with Crippen LogP contribution >= 0.6 is 11.6 Å². The molecule has 0 saturated carbocycles. The molecule has 2 N–H and O–H groups in total. The molecule has 0 aliphatic carbocycles. The van der Waals surface area contributed by atoms with E-state index in [1.807, 2.05) is 30.3 Å². The van der Waals surface area contributed by atoms with Gasteiger partial charge in [-0.1, -0.05) is 17.7 Å². The van der Waals surface area contributed by atoms with E-state index >= 15 is 0 Å². The van der Waals surface area contributed by atoms with E-state index in [0.29, 0.717) is 35.0 Å². The molecule has 2 aromatic carbocycles. The van der Waals surface area contributed by atoms with E-state index in [1.165, 1.54) is 6.33 Å².